The van der Waals surface area contributed by atoms with E-state index in [1.165, 1.54) is 6.92 Å². The summed E-state index contributed by atoms with van der Waals surface area (Å²) in [7, 11) is 0. The SMILES string of the molecule is CC(=NOCCCCC1COC(C)(C(=O)O)OC1C)c1ccc2c(c1)OCO2. The number of nitrogens with zero attached hydrogens (tertiary/aromatic N) is 1. The summed E-state index contributed by atoms with van der Waals surface area (Å²) in [6.07, 6.45) is 2.48. The Morgan fingerprint density at radius 1 is 1.32 bits per heavy atom. The zero-order valence-corrected chi connectivity index (χ0v) is 16.5. The lowest BCUT2D eigenvalue weighted by Gasteiger charge is -2.39. The molecule has 3 rings (SSSR count). The first-order valence-corrected chi connectivity index (χ1v) is 9.51. The number of ether oxygens (including phenoxy) is 4. The fraction of sp³-hybridized carbons (Fsp3) is 0.600. The maximum absolute atomic E-state index is 11.2. The highest BCUT2D eigenvalue weighted by molar-refractivity contribution is 5.98. The zero-order valence-electron chi connectivity index (χ0n) is 16.5. The number of aliphatic carboxylic acids is 1. The Labute approximate surface area is 164 Å². The summed E-state index contributed by atoms with van der Waals surface area (Å²) in [5.41, 5.74) is 1.70. The van der Waals surface area contributed by atoms with Crippen LogP contribution in [0, 0.1) is 5.92 Å². The molecule has 0 bridgehead atoms. The quantitative estimate of drug-likeness (QED) is 0.412. The van der Waals surface area contributed by atoms with E-state index in [1.807, 2.05) is 32.0 Å². The van der Waals surface area contributed by atoms with Crippen molar-refractivity contribution in [1.29, 1.82) is 0 Å². The maximum atomic E-state index is 11.2. The van der Waals surface area contributed by atoms with E-state index in [9.17, 15) is 4.79 Å². The molecular formula is C20H27NO7. The molecule has 0 spiro atoms. The summed E-state index contributed by atoms with van der Waals surface area (Å²) in [6, 6.07) is 5.67. The van der Waals surface area contributed by atoms with E-state index in [-0.39, 0.29) is 18.8 Å². The van der Waals surface area contributed by atoms with Crippen molar-refractivity contribution in [3.8, 4) is 11.5 Å². The predicted octanol–water partition coefficient (Wildman–Crippen LogP) is 3.18. The van der Waals surface area contributed by atoms with Gasteiger partial charge >= 0.3 is 5.97 Å². The molecule has 28 heavy (non-hydrogen) atoms. The van der Waals surface area contributed by atoms with Crippen molar-refractivity contribution < 1.29 is 33.7 Å². The van der Waals surface area contributed by atoms with Crippen LogP contribution in [-0.4, -0.2) is 48.7 Å². The lowest BCUT2D eigenvalue weighted by atomic mass is 9.96. The van der Waals surface area contributed by atoms with Gasteiger partial charge in [-0.15, -0.1) is 0 Å². The van der Waals surface area contributed by atoms with Crippen LogP contribution in [0.1, 0.15) is 45.6 Å². The number of hydrogen-bond donors (Lipinski definition) is 1. The van der Waals surface area contributed by atoms with Crippen molar-refractivity contribution in [1.82, 2.24) is 0 Å². The predicted molar refractivity (Wildman–Crippen MR) is 101 cm³/mol. The van der Waals surface area contributed by atoms with Crippen molar-refractivity contribution in [3.63, 3.8) is 0 Å². The molecule has 2 aliphatic heterocycles. The van der Waals surface area contributed by atoms with E-state index in [0.717, 1.165) is 42.0 Å². The molecule has 8 nitrogen and oxygen atoms in total. The van der Waals surface area contributed by atoms with Gasteiger partial charge in [0.05, 0.1) is 18.4 Å². The number of hydrogen-bond acceptors (Lipinski definition) is 7. The van der Waals surface area contributed by atoms with Crippen LogP contribution in [0.15, 0.2) is 23.4 Å². The number of carboxylic acid groups (broad SMARTS) is 1. The molecule has 1 fully saturated rings. The van der Waals surface area contributed by atoms with E-state index in [0.29, 0.717) is 13.2 Å². The molecular weight excluding hydrogens is 366 g/mol. The fourth-order valence-corrected chi connectivity index (χ4v) is 3.21. The van der Waals surface area contributed by atoms with Crippen LogP contribution in [0.4, 0.5) is 0 Å². The Morgan fingerprint density at radius 2 is 2.11 bits per heavy atom. The number of unbranched alkanes of at least 4 members (excludes halogenated alkanes) is 1. The highest BCUT2D eigenvalue weighted by atomic mass is 16.7. The number of benzene rings is 1. The molecule has 1 aromatic rings. The van der Waals surface area contributed by atoms with Crippen LogP contribution in [0.3, 0.4) is 0 Å². The van der Waals surface area contributed by atoms with Crippen molar-refractivity contribution in [2.75, 3.05) is 20.0 Å². The molecule has 2 aliphatic rings. The van der Waals surface area contributed by atoms with E-state index in [2.05, 4.69) is 5.16 Å². The van der Waals surface area contributed by atoms with Gasteiger partial charge in [0.25, 0.3) is 5.79 Å². The molecule has 1 N–H and O–H groups in total. The normalized spacial score (nSPS) is 26.9. The molecule has 154 valence electrons. The van der Waals surface area contributed by atoms with E-state index >= 15 is 0 Å². The van der Waals surface area contributed by atoms with Gasteiger partial charge in [-0.1, -0.05) is 5.16 Å². The smallest absolute Gasteiger partial charge is 0.364 e. The van der Waals surface area contributed by atoms with Crippen molar-refractivity contribution in [3.05, 3.63) is 23.8 Å². The third kappa shape index (κ3) is 4.74. The Kier molecular flexibility index (Phi) is 6.41. The lowest BCUT2D eigenvalue weighted by molar-refractivity contribution is -0.292. The van der Waals surface area contributed by atoms with Crippen LogP contribution < -0.4 is 9.47 Å². The van der Waals surface area contributed by atoms with Gasteiger partial charge in [0.2, 0.25) is 6.79 Å². The van der Waals surface area contributed by atoms with Gasteiger partial charge in [0.1, 0.15) is 6.61 Å². The average Bonchev–Trinajstić information content (AvgIpc) is 3.13. The Bertz CT molecular complexity index is 735. The van der Waals surface area contributed by atoms with Crippen LogP contribution in [0.5, 0.6) is 11.5 Å². The molecule has 0 saturated carbocycles. The molecule has 2 heterocycles. The van der Waals surface area contributed by atoms with Gasteiger partial charge in [0.15, 0.2) is 11.5 Å². The molecule has 1 saturated heterocycles. The molecule has 3 atom stereocenters. The van der Waals surface area contributed by atoms with Crippen LogP contribution in [-0.2, 0) is 19.1 Å². The fourth-order valence-electron chi connectivity index (χ4n) is 3.21. The van der Waals surface area contributed by atoms with Crippen LogP contribution in [0.25, 0.3) is 0 Å². The maximum Gasteiger partial charge on any atom is 0.364 e. The molecule has 0 radical (unpaired) electrons. The summed E-state index contributed by atoms with van der Waals surface area (Å²) < 4.78 is 21.6. The van der Waals surface area contributed by atoms with Crippen molar-refractivity contribution in [2.45, 2.75) is 51.9 Å². The van der Waals surface area contributed by atoms with E-state index in [1.54, 1.807) is 0 Å². The monoisotopic (exact) mass is 393 g/mol. The van der Waals surface area contributed by atoms with Gasteiger partial charge in [0, 0.05) is 18.4 Å². The van der Waals surface area contributed by atoms with Crippen molar-refractivity contribution in [2.24, 2.45) is 11.1 Å². The highest BCUT2D eigenvalue weighted by Gasteiger charge is 2.43. The second kappa shape index (κ2) is 8.79. The zero-order chi connectivity index (χ0) is 20.1. The summed E-state index contributed by atoms with van der Waals surface area (Å²) in [5, 5.41) is 13.3. The third-order valence-electron chi connectivity index (χ3n) is 5.09. The van der Waals surface area contributed by atoms with E-state index < -0.39 is 11.8 Å². The van der Waals surface area contributed by atoms with Crippen LogP contribution >= 0.6 is 0 Å². The molecule has 0 aliphatic carbocycles. The lowest BCUT2D eigenvalue weighted by Crippen LogP contribution is -2.51. The molecule has 0 aromatic heterocycles. The standard InChI is InChI=1S/C20H27NO7/c1-13(15-7-8-17-18(10-15)25-12-24-17)21-27-9-5-4-6-16-11-26-20(3,19(22)23)28-14(16)2/h7-8,10,14,16H,4-6,9,11-12H2,1-3H3,(H,22,23). The first-order valence-electron chi connectivity index (χ1n) is 9.51. The van der Waals surface area contributed by atoms with Crippen molar-refractivity contribution >= 4 is 11.7 Å². The summed E-state index contributed by atoms with van der Waals surface area (Å²) in [4.78, 5) is 16.6. The average molecular weight is 393 g/mol. The Hall–Kier alpha value is -2.32. The van der Waals surface area contributed by atoms with Gasteiger partial charge < -0.3 is 28.9 Å². The topological polar surface area (TPSA) is 95.8 Å². The third-order valence-corrected chi connectivity index (χ3v) is 5.09. The Balaban J connectivity index is 1.36. The van der Waals surface area contributed by atoms with E-state index in [4.69, 9.17) is 28.9 Å². The molecule has 8 heteroatoms. The first kappa shape index (κ1) is 20.4. The molecule has 3 unspecified atom stereocenters. The van der Waals surface area contributed by atoms with Gasteiger partial charge in [-0.25, -0.2) is 4.79 Å². The molecule has 0 amide bonds. The number of oxime groups is 1. The highest BCUT2D eigenvalue weighted by Crippen LogP contribution is 2.33. The van der Waals surface area contributed by atoms with Crippen LogP contribution in [0.2, 0.25) is 0 Å². The minimum absolute atomic E-state index is 0.165. The Morgan fingerprint density at radius 3 is 2.86 bits per heavy atom. The van der Waals surface area contributed by atoms with Gasteiger partial charge in [-0.05, 0) is 51.3 Å². The number of fused-ring (bicyclic) bond motifs is 1. The summed E-state index contributed by atoms with van der Waals surface area (Å²) >= 11 is 0. The van der Waals surface area contributed by atoms with Gasteiger partial charge in [-0.3, -0.25) is 0 Å². The molecule has 1 aromatic carbocycles. The van der Waals surface area contributed by atoms with Gasteiger partial charge in [-0.2, -0.15) is 0 Å². The summed E-state index contributed by atoms with van der Waals surface area (Å²) in [5.74, 6) is -1.00. The second-order valence-corrected chi connectivity index (χ2v) is 7.22. The minimum Gasteiger partial charge on any atom is -0.477 e. The number of carbonyl (C=O) groups is 1. The second-order valence-electron chi connectivity index (χ2n) is 7.22. The first-order chi connectivity index (χ1) is 13.4. The largest absolute Gasteiger partial charge is 0.477 e. The summed E-state index contributed by atoms with van der Waals surface area (Å²) in [6.45, 7) is 6.36. The number of carboxylic acids is 1. The number of rotatable bonds is 8. The minimum atomic E-state index is -1.54.